The number of nitrogen functional groups attached to an aromatic ring is 1. The summed E-state index contributed by atoms with van der Waals surface area (Å²) in [6.07, 6.45) is 4.88. The van der Waals surface area contributed by atoms with Crippen molar-refractivity contribution < 1.29 is 4.79 Å². The van der Waals surface area contributed by atoms with Gasteiger partial charge in [-0.15, -0.1) is 0 Å². The second-order valence-corrected chi connectivity index (χ2v) is 3.61. The summed E-state index contributed by atoms with van der Waals surface area (Å²) >= 11 is 0. The highest BCUT2D eigenvalue weighted by atomic mass is 16.1. The molecule has 0 radical (unpaired) electrons. The Morgan fingerprint density at radius 1 is 1.56 bits per heavy atom. The number of hydrogen-bond acceptors (Lipinski definition) is 5. The molecule has 0 aliphatic rings. The van der Waals surface area contributed by atoms with E-state index in [2.05, 4.69) is 20.8 Å². The van der Waals surface area contributed by atoms with Gasteiger partial charge in [0.25, 0.3) is 5.91 Å². The third kappa shape index (κ3) is 2.64. The van der Waals surface area contributed by atoms with Gasteiger partial charge in [-0.05, 0) is 19.1 Å². The number of carbonyl (C=O) groups is 1. The van der Waals surface area contributed by atoms with E-state index >= 15 is 0 Å². The Labute approximate surface area is 104 Å². The van der Waals surface area contributed by atoms with Crippen LogP contribution < -0.4 is 16.6 Å². The van der Waals surface area contributed by atoms with Crippen LogP contribution in [0.5, 0.6) is 0 Å². The molecule has 0 aliphatic carbocycles. The quantitative estimate of drug-likeness (QED) is 0.548. The van der Waals surface area contributed by atoms with Crippen LogP contribution in [0.4, 0.5) is 11.5 Å². The fraction of sp³-hybridized carbons (Fsp3) is 0.182. The molecule has 7 heteroatoms. The summed E-state index contributed by atoms with van der Waals surface area (Å²) in [5.41, 5.74) is 3.52. The molecule has 0 atom stereocenters. The second-order valence-electron chi connectivity index (χ2n) is 3.61. The molecular weight excluding hydrogens is 232 g/mol. The number of hydrazine groups is 1. The lowest BCUT2D eigenvalue weighted by Gasteiger charge is -2.04. The summed E-state index contributed by atoms with van der Waals surface area (Å²) < 4.78 is 1.73. The first kappa shape index (κ1) is 12.1. The maximum atomic E-state index is 11.9. The summed E-state index contributed by atoms with van der Waals surface area (Å²) in [6.45, 7) is 2.73. The van der Waals surface area contributed by atoms with Crippen molar-refractivity contribution in [2.75, 3.05) is 10.7 Å². The minimum Gasteiger partial charge on any atom is -0.319 e. The van der Waals surface area contributed by atoms with Crippen LogP contribution in [0.3, 0.4) is 0 Å². The van der Waals surface area contributed by atoms with Gasteiger partial charge in [0, 0.05) is 24.5 Å². The molecule has 0 unspecified atom stereocenters. The molecule has 0 saturated carbocycles. The molecule has 0 aromatic carbocycles. The zero-order valence-corrected chi connectivity index (χ0v) is 9.92. The molecule has 7 nitrogen and oxygen atoms in total. The number of rotatable bonds is 4. The van der Waals surface area contributed by atoms with Crippen molar-refractivity contribution >= 4 is 17.4 Å². The van der Waals surface area contributed by atoms with Gasteiger partial charge in [-0.2, -0.15) is 5.10 Å². The molecule has 2 aromatic rings. The molecule has 2 rings (SSSR count). The molecule has 0 aliphatic heterocycles. The van der Waals surface area contributed by atoms with E-state index in [0.29, 0.717) is 17.1 Å². The number of amides is 1. The van der Waals surface area contributed by atoms with Crippen molar-refractivity contribution in [1.29, 1.82) is 0 Å². The predicted octanol–water partition coefficient (Wildman–Crippen LogP) is 0.836. The number of carbonyl (C=O) groups excluding carboxylic acids is 1. The lowest BCUT2D eigenvalue weighted by molar-refractivity contribution is 0.102. The highest BCUT2D eigenvalue weighted by molar-refractivity contribution is 6.04. The minimum absolute atomic E-state index is 0.232. The summed E-state index contributed by atoms with van der Waals surface area (Å²) in [4.78, 5) is 15.9. The normalized spacial score (nSPS) is 10.1. The zero-order chi connectivity index (χ0) is 13.0. The van der Waals surface area contributed by atoms with E-state index in [4.69, 9.17) is 5.84 Å². The molecule has 0 saturated heterocycles. The fourth-order valence-corrected chi connectivity index (χ4v) is 1.46. The molecule has 4 N–H and O–H groups in total. The third-order valence-electron chi connectivity index (χ3n) is 2.39. The Bertz CT molecular complexity index is 550. The van der Waals surface area contributed by atoms with Crippen molar-refractivity contribution in [3.8, 4) is 0 Å². The van der Waals surface area contributed by atoms with E-state index in [9.17, 15) is 4.79 Å². The average Bonchev–Trinajstić information content (AvgIpc) is 2.86. The number of nitrogens with two attached hydrogens (primary N) is 1. The van der Waals surface area contributed by atoms with E-state index in [1.54, 1.807) is 29.2 Å². The number of aromatic nitrogens is 3. The number of aryl methyl sites for hydroxylation is 1. The number of nitrogens with zero attached hydrogens (tertiary/aromatic N) is 3. The van der Waals surface area contributed by atoms with Crippen LogP contribution in [0.1, 0.15) is 17.3 Å². The van der Waals surface area contributed by atoms with Crippen LogP contribution in [0.2, 0.25) is 0 Å². The Morgan fingerprint density at radius 3 is 3.06 bits per heavy atom. The molecule has 0 bridgehead atoms. The van der Waals surface area contributed by atoms with E-state index in [-0.39, 0.29) is 5.91 Å². The molecule has 2 aromatic heterocycles. The van der Waals surface area contributed by atoms with Crippen LogP contribution in [0.25, 0.3) is 0 Å². The van der Waals surface area contributed by atoms with Gasteiger partial charge in [0.1, 0.15) is 5.82 Å². The van der Waals surface area contributed by atoms with E-state index in [1.807, 2.05) is 6.92 Å². The van der Waals surface area contributed by atoms with Gasteiger partial charge in [-0.1, -0.05) is 0 Å². The van der Waals surface area contributed by atoms with Crippen LogP contribution >= 0.6 is 0 Å². The van der Waals surface area contributed by atoms with Crippen molar-refractivity contribution in [3.05, 3.63) is 36.3 Å². The smallest absolute Gasteiger partial charge is 0.255 e. The molecule has 94 valence electrons. The van der Waals surface area contributed by atoms with Crippen molar-refractivity contribution in [3.63, 3.8) is 0 Å². The van der Waals surface area contributed by atoms with Crippen LogP contribution in [0.15, 0.2) is 30.7 Å². The Kier molecular flexibility index (Phi) is 3.54. The van der Waals surface area contributed by atoms with Crippen molar-refractivity contribution in [1.82, 2.24) is 14.8 Å². The van der Waals surface area contributed by atoms with Crippen molar-refractivity contribution in [2.45, 2.75) is 13.5 Å². The summed E-state index contributed by atoms with van der Waals surface area (Å²) in [7, 11) is 0. The fourth-order valence-electron chi connectivity index (χ4n) is 1.46. The Morgan fingerprint density at radius 2 is 2.39 bits per heavy atom. The Balaban J connectivity index is 2.11. The largest absolute Gasteiger partial charge is 0.319 e. The van der Waals surface area contributed by atoms with Gasteiger partial charge in [-0.3, -0.25) is 9.48 Å². The van der Waals surface area contributed by atoms with E-state index in [1.165, 1.54) is 6.20 Å². The maximum absolute atomic E-state index is 11.9. The number of pyridine rings is 1. The summed E-state index contributed by atoms with van der Waals surface area (Å²) in [5, 5.41) is 6.82. The molecule has 18 heavy (non-hydrogen) atoms. The van der Waals surface area contributed by atoms with Crippen molar-refractivity contribution in [2.24, 2.45) is 5.84 Å². The van der Waals surface area contributed by atoms with Gasteiger partial charge in [-0.25, -0.2) is 10.8 Å². The predicted molar refractivity (Wildman–Crippen MR) is 67.9 cm³/mol. The molecule has 1 amide bonds. The second kappa shape index (κ2) is 5.28. The van der Waals surface area contributed by atoms with Gasteiger partial charge in [0.15, 0.2) is 0 Å². The van der Waals surface area contributed by atoms with Gasteiger partial charge in [0.05, 0.1) is 11.9 Å². The molecule has 2 heterocycles. The van der Waals surface area contributed by atoms with Gasteiger partial charge in [0.2, 0.25) is 0 Å². The summed E-state index contributed by atoms with van der Waals surface area (Å²) in [6, 6.07) is 3.18. The number of hydrogen-bond donors (Lipinski definition) is 3. The average molecular weight is 246 g/mol. The monoisotopic (exact) mass is 246 g/mol. The lowest BCUT2D eigenvalue weighted by Crippen LogP contribution is -2.14. The highest BCUT2D eigenvalue weighted by Gasteiger charge is 2.08. The highest BCUT2D eigenvalue weighted by Crippen LogP contribution is 2.10. The van der Waals surface area contributed by atoms with Gasteiger partial charge >= 0.3 is 0 Å². The topological polar surface area (TPSA) is 97.9 Å². The van der Waals surface area contributed by atoms with E-state index < -0.39 is 0 Å². The standard InChI is InChI=1S/C11H14N6O/c1-2-17-7-9(6-14-17)15-11(18)8-3-4-13-10(5-8)16-12/h3-7H,2,12H2,1H3,(H,13,16)(H,15,18). The number of anilines is 2. The first-order valence-electron chi connectivity index (χ1n) is 5.49. The van der Waals surface area contributed by atoms with Crippen LogP contribution in [-0.2, 0) is 6.54 Å². The maximum Gasteiger partial charge on any atom is 0.255 e. The Hall–Kier alpha value is -2.41. The third-order valence-corrected chi connectivity index (χ3v) is 2.39. The number of nitrogens with one attached hydrogen (secondary N) is 2. The zero-order valence-electron chi connectivity index (χ0n) is 9.92. The lowest BCUT2D eigenvalue weighted by atomic mass is 10.2. The molecular formula is C11H14N6O. The first-order valence-corrected chi connectivity index (χ1v) is 5.49. The van der Waals surface area contributed by atoms with Crippen LogP contribution in [-0.4, -0.2) is 20.7 Å². The molecule has 0 fully saturated rings. The van der Waals surface area contributed by atoms with Crippen LogP contribution in [0, 0.1) is 0 Å². The molecule has 0 spiro atoms. The minimum atomic E-state index is -0.232. The SMILES string of the molecule is CCn1cc(NC(=O)c2ccnc(NN)c2)cn1. The summed E-state index contributed by atoms with van der Waals surface area (Å²) in [5.74, 6) is 5.44. The van der Waals surface area contributed by atoms with Gasteiger partial charge < -0.3 is 10.7 Å². The van der Waals surface area contributed by atoms with E-state index in [0.717, 1.165) is 6.54 Å². The first-order chi connectivity index (χ1) is 8.72.